The monoisotopic (exact) mass is 382 g/mol. The summed E-state index contributed by atoms with van der Waals surface area (Å²) in [5.74, 6) is 0.935. The second kappa shape index (κ2) is 8.21. The topological polar surface area (TPSA) is 109 Å². The second-order valence-corrected chi connectivity index (χ2v) is 5.79. The maximum atomic E-state index is 12.4. The number of nitro groups is 1. The van der Waals surface area contributed by atoms with E-state index in [0.29, 0.717) is 23.6 Å². The van der Waals surface area contributed by atoms with E-state index in [1.54, 1.807) is 42.3 Å². The Morgan fingerprint density at radius 3 is 2.50 bits per heavy atom. The molecule has 1 heterocycles. The molecule has 0 fully saturated rings. The summed E-state index contributed by atoms with van der Waals surface area (Å²) in [4.78, 5) is 23.1. The maximum Gasteiger partial charge on any atom is 0.275 e. The van der Waals surface area contributed by atoms with Crippen molar-refractivity contribution in [3.63, 3.8) is 0 Å². The van der Waals surface area contributed by atoms with Crippen molar-refractivity contribution in [3.05, 3.63) is 70.5 Å². The summed E-state index contributed by atoms with van der Waals surface area (Å²) in [6.45, 7) is 2.53. The average molecular weight is 382 g/mol. The van der Waals surface area contributed by atoms with Gasteiger partial charge in [0.1, 0.15) is 17.2 Å². The van der Waals surface area contributed by atoms with E-state index in [1.165, 1.54) is 24.4 Å². The summed E-state index contributed by atoms with van der Waals surface area (Å²) in [7, 11) is 1.55. The Kier molecular flexibility index (Phi) is 5.54. The number of hydrogen-bond acceptors (Lipinski definition) is 6. The number of aryl methyl sites for hydroxylation is 1. The van der Waals surface area contributed by atoms with Gasteiger partial charge in [-0.1, -0.05) is 0 Å². The number of carbonyl (C=O) groups is 1. The van der Waals surface area contributed by atoms with Gasteiger partial charge in [-0.3, -0.25) is 19.6 Å². The molecule has 0 spiro atoms. The van der Waals surface area contributed by atoms with Crippen molar-refractivity contribution in [2.45, 2.75) is 13.5 Å². The lowest BCUT2D eigenvalue weighted by atomic mass is 10.2. The van der Waals surface area contributed by atoms with Crippen LogP contribution < -0.4 is 14.8 Å². The minimum atomic E-state index is -0.550. The lowest BCUT2D eigenvalue weighted by Crippen LogP contribution is -2.11. The van der Waals surface area contributed by atoms with Gasteiger partial charge in [0.25, 0.3) is 11.6 Å². The van der Waals surface area contributed by atoms with Gasteiger partial charge in [0.15, 0.2) is 0 Å². The first-order valence-corrected chi connectivity index (χ1v) is 8.43. The summed E-state index contributed by atoms with van der Waals surface area (Å²) in [5, 5.41) is 17.9. The predicted octanol–water partition coefficient (Wildman–Crippen LogP) is 3.86. The molecule has 9 heteroatoms. The van der Waals surface area contributed by atoms with Crippen LogP contribution in [0.25, 0.3) is 0 Å². The van der Waals surface area contributed by atoms with Gasteiger partial charge < -0.3 is 14.8 Å². The van der Waals surface area contributed by atoms with E-state index < -0.39 is 10.8 Å². The molecule has 0 unspecified atom stereocenters. The van der Waals surface area contributed by atoms with Crippen molar-refractivity contribution in [3.8, 4) is 17.2 Å². The molecule has 1 N–H and O–H groups in total. The second-order valence-electron chi connectivity index (χ2n) is 5.79. The molecule has 9 nitrogen and oxygen atoms in total. The third-order valence-electron chi connectivity index (χ3n) is 3.87. The van der Waals surface area contributed by atoms with E-state index in [1.807, 2.05) is 6.92 Å². The van der Waals surface area contributed by atoms with Crippen molar-refractivity contribution in [1.82, 2.24) is 9.78 Å². The van der Waals surface area contributed by atoms with Crippen LogP contribution in [0.1, 0.15) is 17.3 Å². The summed E-state index contributed by atoms with van der Waals surface area (Å²) in [6.07, 6.45) is 3.03. The van der Waals surface area contributed by atoms with Gasteiger partial charge in [0.2, 0.25) is 0 Å². The highest BCUT2D eigenvalue weighted by atomic mass is 16.6. The van der Waals surface area contributed by atoms with Gasteiger partial charge in [0, 0.05) is 24.9 Å². The fourth-order valence-corrected chi connectivity index (χ4v) is 2.46. The molecule has 0 aliphatic carbocycles. The number of nitro benzene ring substituents is 1. The molecule has 0 aliphatic rings. The first-order chi connectivity index (χ1) is 13.5. The highest BCUT2D eigenvalue weighted by molar-refractivity contribution is 6.04. The summed E-state index contributed by atoms with van der Waals surface area (Å²) >= 11 is 0. The van der Waals surface area contributed by atoms with Crippen LogP contribution in [0.5, 0.6) is 17.2 Å². The smallest absolute Gasteiger partial charge is 0.275 e. The van der Waals surface area contributed by atoms with E-state index in [-0.39, 0.29) is 17.1 Å². The quantitative estimate of drug-likeness (QED) is 0.491. The Labute approximate surface area is 160 Å². The van der Waals surface area contributed by atoms with Crippen LogP contribution in [0.4, 0.5) is 11.4 Å². The molecule has 28 heavy (non-hydrogen) atoms. The van der Waals surface area contributed by atoms with Crippen molar-refractivity contribution in [1.29, 1.82) is 0 Å². The van der Waals surface area contributed by atoms with Crippen LogP contribution in [0.15, 0.2) is 54.9 Å². The van der Waals surface area contributed by atoms with Crippen molar-refractivity contribution < 1.29 is 19.2 Å². The minimum absolute atomic E-state index is 0.203. The van der Waals surface area contributed by atoms with Crippen LogP contribution in [-0.4, -0.2) is 27.7 Å². The number of nitrogens with one attached hydrogen (secondary N) is 1. The van der Waals surface area contributed by atoms with Crippen LogP contribution in [0, 0.1) is 10.1 Å². The fourth-order valence-electron chi connectivity index (χ4n) is 2.46. The van der Waals surface area contributed by atoms with Crippen LogP contribution in [-0.2, 0) is 6.54 Å². The fraction of sp³-hybridized carbons (Fsp3) is 0.158. The van der Waals surface area contributed by atoms with Gasteiger partial charge in [-0.2, -0.15) is 5.10 Å². The Balaban J connectivity index is 1.84. The van der Waals surface area contributed by atoms with Gasteiger partial charge in [-0.25, -0.2) is 0 Å². The number of nitrogens with zero attached hydrogens (tertiary/aromatic N) is 3. The number of aromatic nitrogens is 2. The number of methoxy groups -OCH3 is 1. The lowest BCUT2D eigenvalue weighted by molar-refractivity contribution is -0.384. The molecular formula is C19H18N4O5. The number of non-ortho nitro benzene ring substituents is 1. The molecule has 1 aromatic heterocycles. The zero-order chi connectivity index (χ0) is 20.1. The van der Waals surface area contributed by atoms with Crippen molar-refractivity contribution in [2.75, 3.05) is 12.4 Å². The first-order valence-electron chi connectivity index (χ1n) is 8.43. The lowest BCUT2D eigenvalue weighted by Gasteiger charge is -2.09. The molecule has 0 saturated carbocycles. The number of anilines is 1. The molecule has 0 saturated heterocycles. The Bertz CT molecular complexity index is 998. The molecule has 3 rings (SSSR count). The maximum absolute atomic E-state index is 12.4. The van der Waals surface area contributed by atoms with Crippen LogP contribution >= 0.6 is 0 Å². The highest BCUT2D eigenvalue weighted by Gasteiger charge is 2.15. The molecule has 144 valence electrons. The van der Waals surface area contributed by atoms with E-state index >= 15 is 0 Å². The van der Waals surface area contributed by atoms with Crippen LogP contribution in [0.2, 0.25) is 0 Å². The third kappa shape index (κ3) is 4.44. The highest BCUT2D eigenvalue weighted by Crippen LogP contribution is 2.30. The molecule has 2 aromatic carbocycles. The standard InChI is InChI=1S/C19H18N4O5/c1-3-22-12-13(11-20-22)19(24)21-14-8-15(23(25)26)10-18(9-14)28-17-6-4-16(27-2)5-7-17/h4-12H,3H2,1-2H3,(H,21,24). The number of rotatable bonds is 7. The normalized spacial score (nSPS) is 10.4. The van der Waals surface area contributed by atoms with E-state index in [0.717, 1.165) is 0 Å². The SMILES string of the molecule is CCn1cc(C(=O)Nc2cc(Oc3ccc(OC)cc3)cc([N+](=O)[O-])c2)cn1. The Morgan fingerprint density at radius 2 is 1.89 bits per heavy atom. The zero-order valence-corrected chi connectivity index (χ0v) is 15.3. The number of amides is 1. The van der Waals surface area contributed by atoms with Crippen molar-refractivity contribution in [2.24, 2.45) is 0 Å². The largest absolute Gasteiger partial charge is 0.497 e. The number of carbonyl (C=O) groups excluding carboxylic acids is 1. The Hall–Kier alpha value is -3.88. The number of hydrogen-bond donors (Lipinski definition) is 1. The molecule has 0 radical (unpaired) electrons. The molecule has 0 atom stereocenters. The average Bonchev–Trinajstić information content (AvgIpc) is 3.18. The van der Waals surface area contributed by atoms with Crippen LogP contribution in [0.3, 0.4) is 0 Å². The van der Waals surface area contributed by atoms with Gasteiger partial charge in [-0.15, -0.1) is 0 Å². The third-order valence-corrected chi connectivity index (χ3v) is 3.87. The number of benzene rings is 2. The van der Waals surface area contributed by atoms with E-state index in [9.17, 15) is 14.9 Å². The van der Waals surface area contributed by atoms with Crippen molar-refractivity contribution >= 4 is 17.3 Å². The summed E-state index contributed by atoms with van der Waals surface area (Å²) in [6, 6.07) is 10.8. The minimum Gasteiger partial charge on any atom is -0.497 e. The van der Waals surface area contributed by atoms with E-state index in [2.05, 4.69) is 10.4 Å². The Morgan fingerprint density at radius 1 is 1.18 bits per heavy atom. The van der Waals surface area contributed by atoms with Gasteiger partial charge in [0.05, 0.1) is 35.5 Å². The molecular weight excluding hydrogens is 364 g/mol. The molecule has 3 aromatic rings. The molecule has 0 aliphatic heterocycles. The number of ether oxygens (including phenoxy) is 2. The summed E-state index contributed by atoms with van der Waals surface area (Å²) < 4.78 is 12.4. The first kappa shape index (κ1) is 18.9. The van der Waals surface area contributed by atoms with Gasteiger partial charge in [-0.05, 0) is 31.2 Å². The summed E-state index contributed by atoms with van der Waals surface area (Å²) in [5.41, 5.74) is 0.392. The van der Waals surface area contributed by atoms with E-state index in [4.69, 9.17) is 9.47 Å². The predicted molar refractivity (Wildman–Crippen MR) is 102 cm³/mol. The molecule has 0 bridgehead atoms. The zero-order valence-electron chi connectivity index (χ0n) is 15.3. The van der Waals surface area contributed by atoms with Gasteiger partial charge >= 0.3 is 0 Å². The molecule has 1 amide bonds.